The number of benzene rings is 1. The summed E-state index contributed by atoms with van der Waals surface area (Å²) in [5, 5.41) is 7.78. The lowest BCUT2D eigenvalue weighted by molar-refractivity contribution is -0.137. The monoisotopic (exact) mass is 467 g/mol. The summed E-state index contributed by atoms with van der Waals surface area (Å²) < 4.78 is 38.9. The zero-order valence-electron chi connectivity index (χ0n) is 17.9. The number of hydrogen-bond acceptors (Lipinski definition) is 5. The van der Waals surface area contributed by atoms with Crippen molar-refractivity contribution in [1.82, 2.24) is 20.1 Å². The molecule has 1 saturated carbocycles. The lowest BCUT2D eigenvalue weighted by Crippen LogP contribution is -2.49. The molecule has 0 radical (unpaired) electrons. The van der Waals surface area contributed by atoms with Crippen LogP contribution in [0.1, 0.15) is 43.5 Å². The first kappa shape index (κ1) is 22.9. The molecule has 1 aromatic heterocycles. The molecule has 1 N–H and O–H groups in total. The van der Waals surface area contributed by atoms with Gasteiger partial charge in [-0.05, 0) is 30.5 Å². The van der Waals surface area contributed by atoms with Crippen molar-refractivity contribution in [2.45, 2.75) is 49.9 Å². The molecule has 32 heavy (non-hydrogen) atoms. The summed E-state index contributed by atoms with van der Waals surface area (Å²) >= 11 is 1.32. The molecule has 2 fully saturated rings. The van der Waals surface area contributed by atoms with Gasteiger partial charge >= 0.3 is 6.18 Å². The summed E-state index contributed by atoms with van der Waals surface area (Å²) in [7, 11) is 0. The summed E-state index contributed by atoms with van der Waals surface area (Å²) in [5.41, 5.74) is -0.119. The zero-order chi connectivity index (χ0) is 22.6. The van der Waals surface area contributed by atoms with E-state index < -0.39 is 11.7 Å². The van der Waals surface area contributed by atoms with Gasteiger partial charge in [-0.2, -0.15) is 13.2 Å². The molecule has 0 atom stereocenters. The molecule has 1 amide bonds. The zero-order valence-corrected chi connectivity index (χ0v) is 18.7. The van der Waals surface area contributed by atoms with Crippen molar-refractivity contribution in [3.8, 4) is 0 Å². The number of alkyl halides is 3. The summed E-state index contributed by atoms with van der Waals surface area (Å²) in [4.78, 5) is 20.7. The van der Waals surface area contributed by atoms with Crippen LogP contribution in [0.15, 0.2) is 29.4 Å². The van der Waals surface area contributed by atoms with Gasteiger partial charge in [-0.1, -0.05) is 43.5 Å². The third-order valence-corrected chi connectivity index (χ3v) is 7.10. The van der Waals surface area contributed by atoms with Gasteiger partial charge in [0.15, 0.2) is 0 Å². The van der Waals surface area contributed by atoms with Crippen molar-refractivity contribution < 1.29 is 18.0 Å². The third kappa shape index (κ3) is 5.96. The number of aromatic amines is 1. The highest BCUT2D eigenvalue weighted by molar-refractivity contribution is 7.99. The molecule has 0 spiro atoms. The molecule has 174 valence electrons. The highest BCUT2D eigenvalue weighted by atomic mass is 32.2. The Bertz CT molecular complexity index is 905. The van der Waals surface area contributed by atoms with Crippen LogP contribution in [0, 0.1) is 5.92 Å². The molecule has 1 aliphatic carbocycles. The van der Waals surface area contributed by atoms with E-state index in [2.05, 4.69) is 15.2 Å². The number of halogens is 3. The van der Waals surface area contributed by atoms with E-state index in [1.807, 2.05) is 4.90 Å². The first-order valence-electron chi connectivity index (χ1n) is 11.1. The van der Waals surface area contributed by atoms with Crippen molar-refractivity contribution >= 4 is 23.4 Å². The Balaban J connectivity index is 1.21. The first-order chi connectivity index (χ1) is 15.4. The van der Waals surface area contributed by atoms with E-state index in [1.54, 1.807) is 11.0 Å². The van der Waals surface area contributed by atoms with E-state index in [-0.39, 0.29) is 11.7 Å². The Morgan fingerprint density at radius 1 is 1.16 bits per heavy atom. The van der Waals surface area contributed by atoms with Crippen LogP contribution in [0.3, 0.4) is 0 Å². The van der Waals surface area contributed by atoms with Gasteiger partial charge in [0.1, 0.15) is 5.82 Å². The van der Waals surface area contributed by atoms with Crippen LogP contribution in [-0.4, -0.2) is 57.9 Å². The van der Waals surface area contributed by atoms with E-state index in [0.717, 1.165) is 30.7 Å². The molecule has 1 aliphatic heterocycles. The van der Waals surface area contributed by atoms with E-state index in [4.69, 9.17) is 0 Å². The van der Waals surface area contributed by atoms with Crippen LogP contribution in [0.4, 0.5) is 18.9 Å². The Labute approximate surface area is 190 Å². The summed E-state index contributed by atoms with van der Waals surface area (Å²) in [6.45, 7) is 1.97. The predicted molar refractivity (Wildman–Crippen MR) is 118 cm³/mol. The number of carbonyl (C=O) groups is 1. The fourth-order valence-electron chi connectivity index (χ4n) is 4.40. The minimum Gasteiger partial charge on any atom is -0.368 e. The highest BCUT2D eigenvalue weighted by Gasteiger charge is 2.31. The maximum absolute atomic E-state index is 13.0. The van der Waals surface area contributed by atoms with Gasteiger partial charge in [0.05, 0.1) is 11.3 Å². The second-order valence-corrected chi connectivity index (χ2v) is 9.40. The topological polar surface area (TPSA) is 65.1 Å². The van der Waals surface area contributed by atoms with Gasteiger partial charge in [-0.15, -0.1) is 5.10 Å². The quantitative estimate of drug-likeness (QED) is 0.612. The molecule has 1 aromatic carbocycles. The second-order valence-electron chi connectivity index (χ2n) is 8.46. The van der Waals surface area contributed by atoms with Gasteiger partial charge in [-0.3, -0.25) is 9.89 Å². The number of rotatable bonds is 7. The van der Waals surface area contributed by atoms with Crippen LogP contribution < -0.4 is 4.90 Å². The minimum atomic E-state index is -4.36. The van der Waals surface area contributed by atoms with Crippen LogP contribution in [0.5, 0.6) is 0 Å². The number of nitrogens with zero attached hydrogens (tertiary/aromatic N) is 4. The lowest BCUT2D eigenvalue weighted by Gasteiger charge is -2.36. The number of hydrogen-bond donors (Lipinski definition) is 1. The van der Waals surface area contributed by atoms with Crippen LogP contribution in [-0.2, 0) is 17.4 Å². The highest BCUT2D eigenvalue weighted by Crippen LogP contribution is 2.32. The minimum absolute atomic E-state index is 0.00371. The van der Waals surface area contributed by atoms with Crippen LogP contribution in [0.2, 0.25) is 0 Å². The number of aromatic nitrogens is 3. The number of anilines is 1. The van der Waals surface area contributed by atoms with Gasteiger partial charge < -0.3 is 9.80 Å². The third-order valence-electron chi connectivity index (χ3n) is 6.27. The van der Waals surface area contributed by atoms with Crippen molar-refractivity contribution in [3.05, 3.63) is 35.7 Å². The van der Waals surface area contributed by atoms with Crippen LogP contribution in [0.25, 0.3) is 0 Å². The standard InChI is InChI=1S/C22H28F3N5OS/c23-22(24,25)17-6-3-7-18(14-17)29-10-12-30(13-11-29)20(31)15-32-21-26-19(27-28-21)9-8-16-4-1-2-5-16/h3,6-7,14,16H,1-2,4-5,8-13,15H2,(H,26,27,28). The number of nitrogens with one attached hydrogen (secondary N) is 1. The Morgan fingerprint density at radius 2 is 1.91 bits per heavy atom. The lowest BCUT2D eigenvalue weighted by atomic mass is 10.0. The number of piperazine rings is 1. The van der Waals surface area contributed by atoms with E-state index >= 15 is 0 Å². The number of H-pyrrole nitrogens is 1. The SMILES string of the molecule is O=C(CSc1n[nH]c(CCC2CCCC2)n1)N1CCN(c2cccc(C(F)(F)F)c2)CC1. The normalized spacial score (nSPS) is 17.8. The van der Waals surface area contributed by atoms with E-state index in [1.165, 1.54) is 49.6 Å². The number of thioether (sulfide) groups is 1. The van der Waals surface area contributed by atoms with Crippen molar-refractivity contribution in [3.63, 3.8) is 0 Å². The fourth-order valence-corrected chi connectivity index (χ4v) is 5.12. The largest absolute Gasteiger partial charge is 0.416 e. The fraction of sp³-hybridized carbons (Fsp3) is 0.591. The van der Waals surface area contributed by atoms with Crippen LogP contribution >= 0.6 is 11.8 Å². The molecule has 4 rings (SSSR count). The molecule has 2 heterocycles. The van der Waals surface area contributed by atoms with E-state index in [0.29, 0.717) is 37.0 Å². The van der Waals surface area contributed by atoms with Gasteiger partial charge in [0.2, 0.25) is 11.1 Å². The summed E-state index contributed by atoms with van der Waals surface area (Å²) in [6.07, 6.45) is 2.95. The Hall–Kier alpha value is -2.23. The van der Waals surface area contributed by atoms with Gasteiger partial charge in [0.25, 0.3) is 0 Å². The molecule has 0 unspecified atom stereocenters. The average molecular weight is 468 g/mol. The molecular formula is C22H28F3N5OS. The molecule has 2 aliphatic rings. The van der Waals surface area contributed by atoms with Crippen molar-refractivity contribution in [1.29, 1.82) is 0 Å². The first-order valence-corrected chi connectivity index (χ1v) is 12.1. The Morgan fingerprint density at radius 3 is 2.62 bits per heavy atom. The number of carbonyl (C=O) groups excluding carboxylic acids is 1. The molecule has 6 nitrogen and oxygen atoms in total. The predicted octanol–water partition coefficient (Wildman–Crippen LogP) is 4.39. The Kier molecular flexibility index (Phi) is 7.27. The van der Waals surface area contributed by atoms with Crippen molar-refractivity contribution in [2.24, 2.45) is 5.92 Å². The van der Waals surface area contributed by atoms with Crippen molar-refractivity contribution in [2.75, 3.05) is 36.8 Å². The summed E-state index contributed by atoms with van der Waals surface area (Å²) in [5.74, 6) is 1.92. The molecule has 1 saturated heterocycles. The average Bonchev–Trinajstić information content (AvgIpc) is 3.48. The molecule has 2 aromatic rings. The smallest absolute Gasteiger partial charge is 0.368 e. The second kappa shape index (κ2) is 10.1. The van der Waals surface area contributed by atoms with E-state index in [9.17, 15) is 18.0 Å². The molecular weight excluding hydrogens is 439 g/mol. The molecule has 10 heteroatoms. The van der Waals surface area contributed by atoms with Gasteiger partial charge in [-0.25, -0.2) is 4.98 Å². The maximum Gasteiger partial charge on any atom is 0.416 e. The maximum atomic E-state index is 13.0. The molecule has 0 bridgehead atoms. The summed E-state index contributed by atoms with van der Waals surface area (Å²) in [6, 6.07) is 5.34. The van der Waals surface area contributed by atoms with Gasteiger partial charge in [0, 0.05) is 38.3 Å². The number of aryl methyl sites for hydroxylation is 1. The number of amides is 1.